The molecule has 0 bridgehead atoms. The minimum atomic E-state index is -0.261. The second-order valence-electron chi connectivity index (χ2n) is 8.01. The van der Waals surface area contributed by atoms with Gasteiger partial charge in [0, 0.05) is 4.47 Å². The van der Waals surface area contributed by atoms with Crippen LogP contribution >= 0.6 is 39.9 Å². The highest BCUT2D eigenvalue weighted by molar-refractivity contribution is 9.10. The van der Waals surface area contributed by atoms with Crippen LogP contribution in [-0.2, 0) is 9.59 Å². The third-order valence-corrected chi connectivity index (χ3v) is 7.48. The van der Waals surface area contributed by atoms with Gasteiger partial charge in [-0.25, -0.2) is 0 Å². The van der Waals surface area contributed by atoms with Gasteiger partial charge < -0.3 is 14.8 Å². The molecule has 0 aliphatic carbocycles. The van der Waals surface area contributed by atoms with Crippen LogP contribution in [0.4, 0.5) is 11.4 Å². The fourth-order valence-corrected chi connectivity index (χ4v) is 5.36. The summed E-state index contributed by atoms with van der Waals surface area (Å²) in [5.41, 5.74) is 4.35. The van der Waals surface area contributed by atoms with Crippen molar-refractivity contribution in [3.8, 4) is 11.5 Å². The van der Waals surface area contributed by atoms with Crippen molar-refractivity contribution in [2.75, 3.05) is 23.9 Å². The second-order valence-corrected chi connectivity index (χ2v) is 10.5. The van der Waals surface area contributed by atoms with Crippen molar-refractivity contribution in [2.24, 2.45) is 0 Å². The Labute approximate surface area is 227 Å². The Balaban J connectivity index is 1.39. The molecule has 4 rings (SSSR count). The van der Waals surface area contributed by atoms with Crippen LogP contribution in [-0.4, -0.2) is 29.9 Å². The summed E-state index contributed by atoms with van der Waals surface area (Å²) in [4.78, 5) is 27.4. The van der Waals surface area contributed by atoms with Gasteiger partial charge in [-0.3, -0.25) is 14.5 Å². The summed E-state index contributed by atoms with van der Waals surface area (Å²) in [7, 11) is 1.56. The minimum absolute atomic E-state index is 0.129. The van der Waals surface area contributed by atoms with Crippen LogP contribution in [0.25, 0.3) is 6.08 Å². The third kappa shape index (κ3) is 5.80. The van der Waals surface area contributed by atoms with Gasteiger partial charge in [0.1, 0.15) is 11.5 Å². The Kier molecular flexibility index (Phi) is 8.13. The largest absolute Gasteiger partial charge is 0.495 e. The molecular formula is C27H23BrN2O4S2. The molecule has 9 heteroatoms. The van der Waals surface area contributed by atoms with E-state index in [0.29, 0.717) is 32.1 Å². The zero-order valence-electron chi connectivity index (χ0n) is 19.8. The van der Waals surface area contributed by atoms with E-state index in [9.17, 15) is 9.59 Å². The number of nitrogens with one attached hydrogen (secondary N) is 1. The SMILES string of the molecule is COc1ccccc1N1C(=O)/C(=C\c2ccc(OCC(=O)Nc3cc(C)c(C)cc3Br)cc2)SC1=S. The fourth-order valence-electron chi connectivity index (χ4n) is 3.51. The number of hydrogen-bond acceptors (Lipinski definition) is 6. The quantitative estimate of drug-likeness (QED) is 0.253. The molecule has 0 atom stereocenters. The minimum Gasteiger partial charge on any atom is -0.495 e. The Morgan fingerprint density at radius 3 is 2.53 bits per heavy atom. The summed E-state index contributed by atoms with van der Waals surface area (Å²) < 4.78 is 12.3. The van der Waals surface area contributed by atoms with E-state index in [4.69, 9.17) is 21.7 Å². The van der Waals surface area contributed by atoms with E-state index in [2.05, 4.69) is 21.2 Å². The van der Waals surface area contributed by atoms with E-state index in [-0.39, 0.29) is 18.4 Å². The van der Waals surface area contributed by atoms with E-state index < -0.39 is 0 Å². The maximum absolute atomic E-state index is 13.1. The van der Waals surface area contributed by atoms with Crippen molar-refractivity contribution in [1.82, 2.24) is 0 Å². The van der Waals surface area contributed by atoms with Gasteiger partial charge in [0.05, 0.1) is 23.4 Å². The molecule has 0 aromatic heterocycles. The number of thiocarbonyl (C=S) groups is 1. The van der Waals surface area contributed by atoms with Crippen LogP contribution in [0.5, 0.6) is 11.5 Å². The Morgan fingerprint density at radius 2 is 1.81 bits per heavy atom. The lowest BCUT2D eigenvalue weighted by Gasteiger charge is -2.17. The van der Waals surface area contributed by atoms with E-state index in [1.807, 2.05) is 50.2 Å². The number of benzene rings is 3. The van der Waals surface area contributed by atoms with Crippen LogP contribution in [0, 0.1) is 13.8 Å². The average Bonchev–Trinajstić information content (AvgIpc) is 3.14. The van der Waals surface area contributed by atoms with E-state index in [1.165, 1.54) is 16.7 Å². The molecule has 1 aliphatic heterocycles. The molecule has 36 heavy (non-hydrogen) atoms. The van der Waals surface area contributed by atoms with E-state index in [0.717, 1.165) is 21.2 Å². The van der Waals surface area contributed by atoms with Crippen molar-refractivity contribution >= 4 is 73.5 Å². The lowest BCUT2D eigenvalue weighted by atomic mass is 10.1. The highest BCUT2D eigenvalue weighted by atomic mass is 79.9. The zero-order valence-corrected chi connectivity index (χ0v) is 23.1. The lowest BCUT2D eigenvalue weighted by Crippen LogP contribution is -2.27. The number of thioether (sulfide) groups is 1. The molecule has 1 N–H and O–H groups in total. The maximum Gasteiger partial charge on any atom is 0.270 e. The van der Waals surface area contributed by atoms with Crippen LogP contribution in [0.15, 0.2) is 70.0 Å². The van der Waals surface area contributed by atoms with Gasteiger partial charge in [-0.1, -0.05) is 48.2 Å². The highest BCUT2D eigenvalue weighted by Crippen LogP contribution is 2.39. The monoisotopic (exact) mass is 582 g/mol. The number of halogens is 1. The van der Waals surface area contributed by atoms with Crippen LogP contribution in [0.2, 0.25) is 0 Å². The van der Waals surface area contributed by atoms with Crippen molar-refractivity contribution in [3.63, 3.8) is 0 Å². The smallest absolute Gasteiger partial charge is 0.270 e. The number of carbonyl (C=O) groups excluding carboxylic acids is 2. The number of aryl methyl sites for hydroxylation is 2. The van der Waals surface area contributed by atoms with Gasteiger partial charge in [-0.2, -0.15) is 0 Å². The number of anilines is 2. The lowest BCUT2D eigenvalue weighted by molar-refractivity contribution is -0.118. The number of rotatable bonds is 7. The first-order chi connectivity index (χ1) is 17.3. The van der Waals surface area contributed by atoms with Crippen molar-refractivity contribution in [2.45, 2.75) is 13.8 Å². The molecule has 1 heterocycles. The molecule has 0 saturated carbocycles. The number of amides is 2. The Morgan fingerprint density at radius 1 is 1.11 bits per heavy atom. The standard InChI is InChI=1S/C27H23BrN2O4S2/c1-16-12-20(28)21(13-17(16)2)29-25(31)15-34-19-10-8-18(9-11-19)14-24-26(32)30(27(35)36-24)22-6-4-5-7-23(22)33-3/h4-14H,15H2,1-3H3,(H,29,31)/b24-14+. The number of carbonyl (C=O) groups is 2. The molecular weight excluding hydrogens is 560 g/mol. The normalized spacial score (nSPS) is 14.3. The first-order valence-electron chi connectivity index (χ1n) is 11.0. The van der Waals surface area contributed by atoms with Gasteiger partial charge in [-0.15, -0.1) is 0 Å². The number of ether oxygens (including phenoxy) is 2. The van der Waals surface area contributed by atoms with Gasteiger partial charge in [0.25, 0.3) is 11.8 Å². The van der Waals surface area contributed by atoms with Crippen molar-refractivity contribution in [3.05, 3.63) is 86.7 Å². The molecule has 1 aliphatic rings. The Bertz CT molecular complexity index is 1370. The second kappa shape index (κ2) is 11.3. The maximum atomic E-state index is 13.1. The molecule has 184 valence electrons. The first-order valence-corrected chi connectivity index (χ1v) is 13.0. The predicted octanol–water partition coefficient (Wildman–Crippen LogP) is 6.50. The average molecular weight is 584 g/mol. The van der Waals surface area contributed by atoms with Crippen molar-refractivity contribution in [1.29, 1.82) is 0 Å². The molecule has 0 radical (unpaired) electrons. The first kappa shape index (κ1) is 25.9. The van der Waals surface area contributed by atoms with Crippen LogP contribution in [0.1, 0.15) is 16.7 Å². The zero-order chi connectivity index (χ0) is 25.8. The molecule has 0 unspecified atom stereocenters. The highest BCUT2D eigenvalue weighted by Gasteiger charge is 2.34. The van der Waals surface area contributed by atoms with Gasteiger partial charge in [0.2, 0.25) is 0 Å². The van der Waals surface area contributed by atoms with E-state index in [1.54, 1.807) is 37.5 Å². The van der Waals surface area contributed by atoms with E-state index >= 15 is 0 Å². The molecule has 1 fully saturated rings. The Hall–Kier alpha value is -3.14. The number of methoxy groups -OCH3 is 1. The predicted molar refractivity (Wildman–Crippen MR) is 153 cm³/mol. The molecule has 3 aromatic carbocycles. The summed E-state index contributed by atoms with van der Waals surface area (Å²) in [6, 6.07) is 18.3. The van der Waals surface area contributed by atoms with Gasteiger partial charge >= 0.3 is 0 Å². The van der Waals surface area contributed by atoms with Crippen LogP contribution in [0.3, 0.4) is 0 Å². The van der Waals surface area contributed by atoms with Crippen molar-refractivity contribution < 1.29 is 19.1 Å². The summed E-state index contributed by atoms with van der Waals surface area (Å²) in [6.07, 6.45) is 1.78. The summed E-state index contributed by atoms with van der Waals surface area (Å²) in [5.74, 6) is 0.653. The number of nitrogens with zero attached hydrogens (tertiary/aromatic N) is 1. The number of hydrogen-bond donors (Lipinski definition) is 1. The van der Waals surface area contributed by atoms with Gasteiger partial charge in [-0.05, 0) is 88.9 Å². The van der Waals surface area contributed by atoms with Crippen LogP contribution < -0.4 is 19.7 Å². The molecule has 0 spiro atoms. The molecule has 2 amide bonds. The fraction of sp³-hybridized carbons (Fsp3) is 0.148. The summed E-state index contributed by atoms with van der Waals surface area (Å²) in [5, 5.41) is 2.86. The molecule has 6 nitrogen and oxygen atoms in total. The summed E-state index contributed by atoms with van der Waals surface area (Å²) >= 11 is 10.2. The topological polar surface area (TPSA) is 67.9 Å². The van der Waals surface area contributed by atoms with Gasteiger partial charge in [0.15, 0.2) is 10.9 Å². The molecule has 1 saturated heterocycles. The molecule has 3 aromatic rings. The summed E-state index contributed by atoms with van der Waals surface area (Å²) in [6.45, 7) is 3.88. The number of para-hydroxylation sites is 2. The third-order valence-electron chi connectivity index (χ3n) is 5.53.